The summed E-state index contributed by atoms with van der Waals surface area (Å²) in [6.45, 7) is 9.02. The number of carbonyl (C=O) groups excluding carboxylic acids is 4. The zero-order valence-corrected chi connectivity index (χ0v) is 32.7. The normalized spacial score (nSPS) is 19.3. The molecule has 2 rings (SSSR count). The molecule has 6 atom stereocenters. The molecule has 52 heavy (non-hydrogen) atoms. The van der Waals surface area contributed by atoms with Crippen molar-refractivity contribution in [3.8, 4) is 23.7 Å². The van der Waals surface area contributed by atoms with Crippen molar-refractivity contribution >= 4 is 23.8 Å². The second-order valence-electron chi connectivity index (χ2n) is 13.8. The third kappa shape index (κ3) is 19.3. The molecule has 2 heterocycles. The number of carbonyl (C=O) groups is 4. The van der Waals surface area contributed by atoms with Crippen molar-refractivity contribution in [1.29, 1.82) is 0 Å². The van der Waals surface area contributed by atoms with E-state index in [2.05, 4.69) is 33.2 Å². The highest BCUT2D eigenvalue weighted by molar-refractivity contribution is 5.79. The van der Waals surface area contributed by atoms with Crippen molar-refractivity contribution in [3.63, 3.8) is 0 Å². The summed E-state index contributed by atoms with van der Waals surface area (Å²) in [6.07, 6.45) is 19.0. The standard InChI is InChI=1S/2C21H33NO4/c2*1-4-5-10-17(2)19(23)14-12-18-13-15-20(24)22(18)16-9-7-6-8-11-21(25)26-3/h2*12,14,17-19,23H,6-11,13,15-16H2,1-3H3/b2*14-12+/t17?,18-,19+;17?,18-,19-/m00/s1. The van der Waals surface area contributed by atoms with Gasteiger partial charge in [0.05, 0.1) is 38.5 Å². The van der Waals surface area contributed by atoms with Crippen LogP contribution in [0.3, 0.4) is 0 Å². The number of rotatable bonds is 22. The van der Waals surface area contributed by atoms with Gasteiger partial charge >= 0.3 is 11.9 Å². The Morgan fingerprint density at radius 3 is 1.40 bits per heavy atom. The molecule has 292 valence electrons. The first-order valence-electron chi connectivity index (χ1n) is 19.2. The fourth-order valence-electron chi connectivity index (χ4n) is 6.14. The van der Waals surface area contributed by atoms with Crippen LogP contribution in [0.5, 0.6) is 0 Å². The van der Waals surface area contributed by atoms with E-state index in [0.29, 0.717) is 38.5 Å². The molecule has 2 unspecified atom stereocenters. The third-order valence-electron chi connectivity index (χ3n) is 9.69. The van der Waals surface area contributed by atoms with Gasteiger partial charge in [0.2, 0.25) is 11.8 Å². The molecular weight excluding hydrogens is 660 g/mol. The van der Waals surface area contributed by atoms with Crippen molar-refractivity contribution in [2.24, 2.45) is 11.8 Å². The Labute approximate surface area is 313 Å². The lowest BCUT2D eigenvalue weighted by Crippen LogP contribution is -2.33. The molecule has 2 saturated heterocycles. The smallest absolute Gasteiger partial charge is 0.305 e. The minimum Gasteiger partial charge on any atom is -0.469 e. The van der Waals surface area contributed by atoms with E-state index in [1.165, 1.54) is 14.2 Å². The molecule has 2 aliphatic heterocycles. The van der Waals surface area contributed by atoms with Gasteiger partial charge in [-0.2, -0.15) is 0 Å². The molecule has 2 N–H and O–H groups in total. The van der Waals surface area contributed by atoms with Gasteiger partial charge in [0.15, 0.2) is 0 Å². The molecule has 10 heteroatoms. The second kappa shape index (κ2) is 28.0. The van der Waals surface area contributed by atoms with Gasteiger partial charge in [0, 0.05) is 51.6 Å². The number of esters is 2. The third-order valence-corrected chi connectivity index (χ3v) is 9.69. The maximum absolute atomic E-state index is 12.1. The van der Waals surface area contributed by atoms with E-state index in [-0.39, 0.29) is 47.7 Å². The van der Waals surface area contributed by atoms with E-state index >= 15 is 0 Å². The topological polar surface area (TPSA) is 134 Å². The highest BCUT2D eigenvalue weighted by Gasteiger charge is 2.29. The molecular formula is C42H66N2O8. The summed E-state index contributed by atoms with van der Waals surface area (Å²) >= 11 is 0. The first kappa shape index (κ1) is 46.4. The molecule has 0 aromatic carbocycles. The maximum Gasteiger partial charge on any atom is 0.305 e. The highest BCUT2D eigenvalue weighted by atomic mass is 16.5. The molecule has 0 spiro atoms. The minimum absolute atomic E-state index is 0.0803. The summed E-state index contributed by atoms with van der Waals surface area (Å²) in [5.41, 5.74) is 0. The molecule has 0 aliphatic carbocycles. The van der Waals surface area contributed by atoms with Crippen LogP contribution < -0.4 is 0 Å². The summed E-state index contributed by atoms with van der Waals surface area (Å²) in [7, 11) is 2.81. The van der Waals surface area contributed by atoms with Crippen molar-refractivity contribution < 1.29 is 38.9 Å². The van der Waals surface area contributed by atoms with Crippen LogP contribution in [0.25, 0.3) is 0 Å². The average molecular weight is 727 g/mol. The van der Waals surface area contributed by atoms with Gasteiger partial charge < -0.3 is 29.5 Å². The van der Waals surface area contributed by atoms with E-state index in [1.54, 1.807) is 13.8 Å². The maximum atomic E-state index is 12.1. The van der Waals surface area contributed by atoms with Crippen LogP contribution >= 0.6 is 0 Å². The summed E-state index contributed by atoms with van der Waals surface area (Å²) in [4.78, 5) is 50.2. The fraction of sp³-hybridized carbons (Fsp3) is 0.714. The van der Waals surface area contributed by atoms with Crippen molar-refractivity contribution in [3.05, 3.63) is 24.3 Å². The van der Waals surface area contributed by atoms with E-state index in [9.17, 15) is 29.4 Å². The summed E-state index contributed by atoms with van der Waals surface area (Å²) in [5.74, 6) is 11.9. The first-order chi connectivity index (χ1) is 25.0. The van der Waals surface area contributed by atoms with E-state index in [4.69, 9.17) is 0 Å². The van der Waals surface area contributed by atoms with Gasteiger partial charge in [-0.25, -0.2) is 0 Å². The number of methoxy groups -OCH3 is 2. The Bertz CT molecular complexity index is 1160. The molecule has 0 bridgehead atoms. The summed E-state index contributed by atoms with van der Waals surface area (Å²) < 4.78 is 9.25. The van der Waals surface area contributed by atoms with E-state index in [1.807, 2.05) is 48.0 Å². The predicted molar refractivity (Wildman–Crippen MR) is 204 cm³/mol. The van der Waals surface area contributed by atoms with Crippen molar-refractivity contribution in [1.82, 2.24) is 9.80 Å². The largest absolute Gasteiger partial charge is 0.469 e. The quantitative estimate of drug-likeness (QED) is 0.0589. The zero-order chi connectivity index (χ0) is 38.7. The average Bonchev–Trinajstić information content (AvgIpc) is 3.69. The summed E-state index contributed by atoms with van der Waals surface area (Å²) in [6, 6.07) is 0.161. The second-order valence-corrected chi connectivity index (χ2v) is 13.8. The van der Waals surface area contributed by atoms with Crippen LogP contribution in [0.15, 0.2) is 24.3 Å². The number of nitrogens with zero attached hydrogens (tertiary/aromatic N) is 2. The highest BCUT2D eigenvalue weighted by Crippen LogP contribution is 2.23. The number of unbranched alkanes of at least 4 members (excludes halogenated alkanes) is 6. The number of amides is 2. The number of ether oxygens (including phenoxy) is 2. The Balaban J connectivity index is 0.000000520. The SMILES string of the molecule is CC#CCC(C)[C@@H](O)/C=C/[C@H]1CCC(=O)N1CCCCCCC(=O)OC.CC#CCC(C)[C@H](O)/C=C/[C@H]1CCC(=O)N1CCCCCCC(=O)OC. The lowest BCUT2D eigenvalue weighted by Gasteiger charge is -2.23. The molecule has 0 aromatic heterocycles. The fourth-order valence-corrected chi connectivity index (χ4v) is 6.14. The van der Waals surface area contributed by atoms with Crippen LogP contribution in [-0.4, -0.2) is 95.4 Å². The Morgan fingerprint density at radius 2 is 1.06 bits per heavy atom. The molecule has 2 fully saturated rings. The van der Waals surface area contributed by atoms with Crippen molar-refractivity contribution in [2.45, 2.75) is 155 Å². The predicted octanol–water partition coefficient (Wildman–Crippen LogP) is 6.14. The van der Waals surface area contributed by atoms with Gasteiger partial charge in [0.25, 0.3) is 0 Å². The molecule has 2 aliphatic rings. The van der Waals surface area contributed by atoms with Crippen LogP contribution in [0.4, 0.5) is 0 Å². The van der Waals surface area contributed by atoms with Gasteiger partial charge in [-0.3, -0.25) is 19.2 Å². The van der Waals surface area contributed by atoms with Gasteiger partial charge in [-0.1, -0.05) is 63.8 Å². The van der Waals surface area contributed by atoms with Gasteiger partial charge in [-0.15, -0.1) is 23.7 Å². The monoisotopic (exact) mass is 726 g/mol. The minimum atomic E-state index is -0.535. The lowest BCUT2D eigenvalue weighted by molar-refractivity contribution is -0.141. The summed E-state index contributed by atoms with van der Waals surface area (Å²) in [5, 5.41) is 20.4. The van der Waals surface area contributed by atoms with Crippen LogP contribution in [0.1, 0.15) is 130 Å². The number of aliphatic hydroxyl groups is 2. The van der Waals surface area contributed by atoms with Crippen LogP contribution in [-0.2, 0) is 28.7 Å². The van der Waals surface area contributed by atoms with Crippen LogP contribution in [0.2, 0.25) is 0 Å². The van der Waals surface area contributed by atoms with Gasteiger partial charge in [-0.05, 0) is 64.2 Å². The Morgan fingerprint density at radius 1 is 0.692 bits per heavy atom. The molecule has 0 aromatic rings. The Hall–Kier alpha value is -3.60. The molecule has 2 amide bonds. The zero-order valence-electron chi connectivity index (χ0n) is 32.7. The molecule has 0 saturated carbocycles. The van der Waals surface area contributed by atoms with Crippen molar-refractivity contribution in [2.75, 3.05) is 27.3 Å². The van der Waals surface area contributed by atoms with Gasteiger partial charge in [0.1, 0.15) is 0 Å². The number of aliphatic hydroxyl groups excluding tert-OH is 2. The molecule has 0 radical (unpaired) electrons. The van der Waals surface area contributed by atoms with E-state index in [0.717, 1.165) is 77.3 Å². The van der Waals surface area contributed by atoms with Crippen LogP contribution in [0, 0.1) is 35.5 Å². The molecule has 10 nitrogen and oxygen atoms in total. The number of hydrogen-bond donors (Lipinski definition) is 2. The number of hydrogen-bond acceptors (Lipinski definition) is 8. The number of likely N-dealkylation sites (tertiary alicyclic amines) is 2. The Kier molecular flexibility index (Phi) is 25.0. The lowest BCUT2D eigenvalue weighted by atomic mass is 10.00. The first-order valence-corrected chi connectivity index (χ1v) is 19.2. The van der Waals surface area contributed by atoms with E-state index < -0.39 is 12.2 Å².